The van der Waals surface area contributed by atoms with Crippen LogP contribution in [0.4, 0.5) is 0 Å². The fourth-order valence-corrected chi connectivity index (χ4v) is 2.52. The van der Waals surface area contributed by atoms with E-state index in [-0.39, 0.29) is 0 Å². The third-order valence-corrected chi connectivity index (χ3v) is 4.12. The molecule has 0 aliphatic carbocycles. The van der Waals surface area contributed by atoms with Gasteiger partial charge in [-0.1, -0.05) is 31.2 Å². The summed E-state index contributed by atoms with van der Waals surface area (Å²) in [6.07, 6.45) is 2.89. The SMILES string of the molecule is CCc1cnc(-c2ccc(C(C)C(=O)O)cc2)s1. The fraction of sp³-hybridized carbons (Fsp3) is 0.286. The van der Waals surface area contributed by atoms with Crippen LogP contribution < -0.4 is 0 Å². The van der Waals surface area contributed by atoms with Crippen molar-refractivity contribution in [3.63, 3.8) is 0 Å². The number of carboxylic acid groups (broad SMARTS) is 1. The minimum Gasteiger partial charge on any atom is -0.481 e. The van der Waals surface area contributed by atoms with Gasteiger partial charge in [0.1, 0.15) is 5.01 Å². The molecule has 18 heavy (non-hydrogen) atoms. The first-order valence-corrected chi connectivity index (χ1v) is 6.71. The second kappa shape index (κ2) is 5.31. The third kappa shape index (κ3) is 2.59. The van der Waals surface area contributed by atoms with Gasteiger partial charge in [-0.3, -0.25) is 4.79 Å². The number of aryl methyl sites for hydroxylation is 1. The Bertz CT molecular complexity index is 545. The summed E-state index contributed by atoms with van der Waals surface area (Å²) in [5.74, 6) is -1.27. The molecule has 4 heteroatoms. The van der Waals surface area contributed by atoms with E-state index in [1.165, 1.54) is 4.88 Å². The molecule has 1 heterocycles. The maximum Gasteiger partial charge on any atom is 0.310 e. The number of hydrogen-bond donors (Lipinski definition) is 1. The molecule has 0 spiro atoms. The molecule has 1 aromatic heterocycles. The van der Waals surface area contributed by atoms with Crippen LogP contribution in [-0.4, -0.2) is 16.1 Å². The number of thiazole rings is 1. The van der Waals surface area contributed by atoms with Gasteiger partial charge in [-0.05, 0) is 18.9 Å². The molecular formula is C14H15NO2S. The van der Waals surface area contributed by atoms with E-state index < -0.39 is 11.9 Å². The Hall–Kier alpha value is -1.68. The van der Waals surface area contributed by atoms with Gasteiger partial charge in [-0.2, -0.15) is 0 Å². The number of benzene rings is 1. The molecule has 1 aromatic carbocycles. The monoisotopic (exact) mass is 261 g/mol. The number of aliphatic carboxylic acids is 1. The number of carbonyl (C=O) groups is 1. The van der Waals surface area contributed by atoms with Gasteiger partial charge in [0.2, 0.25) is 0 Å². The fourth-order valence-electron chi connectivity index (χ4n) is 1.66. The van der Waals surface area contributed by atoms with Crippen LogP contribution in [0, 0.1) is 0 Å². The third-order valence-electron chi connectivity index (χ3n) is 2.93. The van der Waals surface area contributed by atoms with E-state index in [9.17, 15) is 4.79 Å². The van der Waals surface area contributed by atoms with Crippen LogP contribution in [0.1, 0.15) is 30.2 Å². The highest BCUT2D eigenvalue weighted by Gasteiger charge is 2.13. The molecule has 0 bridgehead atoms. The second-order valence-electron chi connectivity index (χ2n) is 4.17. The van der Waals surface area contributed by atoms with E-state index in [1.807, 2.05) is 30.5 Å². The highest BCUT2D eigenvalue weighted by molar-refractivity contribution is 7.15. The molecule has 3 nitrogen and oxygen atoms in total. The Labute approximate surface area is 110 Å². The summed E-state index contributed by atoms with van der Waals surface area (Å²) < 4.78 is 0. The predicted molar refractivity (Wildman–Crippen MR) is 73.0 cm³/mol. The van der Waals surface area contributed by atoms with Crippen LogP contribution >= 0.6 is 11.3 Å². The van der Waals surface area contributed by atoms with Gasteiger partial charge >= 0.3 is 5.97 Å². The summed E-state index contributed by atoms with van der Waals surface area (Å²) >= 11 is 1.68. The first-order valence-electron chi connectivity index (χ1n) is 5.89. The van der Waals surface area contributed by atoms with Crippen molar-refractivity contribution in [2.24, 2.45) is 0 Å². The lowest BCUT2D eigenvalue weighted by Crippen LogP contribution is -2.06. The van der Waals surface area contributed by atoms with E-state index in [0.29, 0.717) is 0 Å². The van der Waals surface area contributed by atoms with Crippen molar-refractivity contribution >= 4 is 17.3 Å². The molecule has 0 amide bonds. The van der Waals surface area contributed by atoms with Crippen LogP contribution in [0.25, 0.3) is 10.6 Å². The summed E-state index contributed by atoms with van der Waals surface area (Å²) in [6.45, 7) is 3.80. The molecule has 1 atom stereocenters. The Morgan fingerprint density at radius 3 is 2.56 bits per heavy atom. The Morgan fingerprint density at radius 1 is 1.39 bits per heavy atom. The van der Waals surface area contributed by atoms with Crippen molar-refractivity contribution in [3.05, 3.63) is 40.9 Å². The zero-order valence-electron chi connectivity index (χ0n) is 10.4. The lowest BCUT2D eigenvalue weighted by atomic mass is 10.0. The molecule has 0 saturated heterocycles. The second-order valence-corrected chi connectivity index (χ2v) is 5.28. The summed E-state index contributed by atoms with van der Waals surface area (Å²) in [5, 5.41) is 9.93. The van der Waals surface area contributed by atoms with Gasteiger partial charge in [0.25, 0.3) is 0 Å². The standard InChI is InChI=1S/C14H15NO2S/c1-3-12-8-15-13(18-12)11-6-4-10(5-7-11)9(2)14(16)17/h4-9H,3H2,1-2H3,(H,16,17). The Kier molecular flexibility index (Phi) is 3.77. The molecule has 94 valence electrons. The highest BCUT2D eigenvalue weighted by Crippen LogP contribution is 2.27. The Morgan fingerprint density at radius 2 is 2.06 bits per heavy atom. The summed E-state index contributed by atoms with van der Waals surface area (Å²) in [4.78, 5) is 16.5. The van der Waals surface area contributed by atoms with E-state index in [2.05, 4.69) is 11.9 Å². The van der Waals surface area contributed by atoms with Crippen LogP contribution in [-0.2, 0) is 11.2 Å². The minimum absolute atomic E-state index is 0.471. The summed E-state index contributed by atoms with van der Waals surface area (Å²) in [7, 11) is 0. The summed E-state index contributed by atoms with van der Waals surface area (Å²) in [6, 6.07) is 7.60. The molecule has 1 N–H and O–H groups in total. The van der Waals surface area contributed by atoms with Crippen LogP contribution in [0.3, 0.4) is 0 Å². The minimum atomic E-state index is -0.801. The molecule has 0 fully saturated rings. The molecule has 2 aromatic rings. The summed E-state index contributed by atoms with van der Waals surface area (Å²) in [5.41, 5.74) is 1.86. The zero-order chi connectivity index (χ0) is 13.1. The first kappa shape index (κ1) is 12.8. The molecule has 1 unspecified atom stereocenters. The van der Waals surface area contributed by atoms with Crippen molar-refractivity contribution < 1.29 is 9.90 Å². The maximum atomic E-state index is 10.9. The zero-order valence-corrected chi connectivity index (χ0v) is 11.2. The van der Waals surface area contributed by atoms with Gasteiger partial charge in [0, 0.05) is 16.6 Å². The van der Waals surface area contributed by atoms with Crippen LogP contribution in [0.15, 0.2) is 30.5 Å². The quantitative estimate of drug-likeness (QED) is 0.915. The maximum absolute atomic E-state index is 10.9. The normalized spacial score (nSPS) is 12.3. The molecule has 0 radical (unpaired) electrons. The number of rotatable bonds is 4. The number of carboxylic acids is 1. The molecule has 0 saturated carbocycles. The van der Waals surface area contributed by atoms with Gasteiger partial charge < -0.3 is 5.11 Å². The molecule has 0 aliphatic rings. The van der Waals surface area contributed by atoms with Gasteiger partial charge in [-0.15, -0.1) is 11.3 Å². The van der Waals surface area contributed by atoms with E-state index in [0.717, 1.165) is 22.6 Å². The van der Waals surface area contributed by atoms with Crippen LogP contribution in [0.5, 0.6) is 0 Å². The van der Waals surface area contributed by atoms with E-state index in [4.69, 9.17) is 5.11 Å². The van der Waals surface area contributed by atoms with E-state index in [1.54, 1.807) is 18.3 Å². The van der Waals surface area contributed by atoms with Gasteiger partial charge in [0.15, 0.2) is 0 Å². The Balaban J connectivity index is 2.24. The smallest absolute Gasteiger partial charge is 0.310 e. The molecule has 0 aliphatic heterocycles. The van der Waals surface area contributed by atoms with Crippen molar-refractivity contribution in [2.45, 2.75) is 26.2 Å². The van der Waals surface area contributed by atoms with Crippen LogP contribution in [0.2, 0.25) is 0 Å². The molecular weight excluding hydrogens is 246 g/mol. The van der Waals surface area contributed by atoms with Crippen molar-refractivity contribution in [3.8, 4) is 10.6 Å². The lowest BCUT2D eigenvalue weighted by molar-refractivity contribution is -0.138. The number of hydrogen-bond acceptors (Lipinski definition) is 3. The average molecular weight is 261 g/mol. The van der Waals surface area contributed by atoms with Gasteiger partial charge in [0.05, 0.1) is 5.92 Å². The van der Waals surface area contributed by atoms with Gasteiger partial charge in [-0.25, -0.2) is 4.98 Å². The predicted octanol–water partition coefficient (Wildman–Crippen LogP) is 3.56. The first-order chi connectivity index (χ1) is 8.61. The average Bonchev–Trinajstić information content (AvgIpc) is 2.86. The number of nitrogens with zero attached hydrogens (tertiary/aromatic N) is 1. The topological polar surface area (TPSA) is 50.2 Å². The number of aromatic nitrogens is 1. The largest absolute Gasteiger partial charge is 0.481 e. The lowest BCUT2D eigenvalue weighted by Gasteiger charge is -2.06. The van der Waals surface area contributed by atoms with E-state index >= 15 is 0 Å². The van der Waals surface area contributed by atoms with Crippen molar-refractivity contribution in [2.75, 3.05) is 0 Å². The van der Waals surface area contributed by atoms with Crippen molar-refractivity contribution in [1.29, 1.82) is 0 Å². The molecule has 2 rings (SSSR count). The highest BCUT2D eigenvalue weighted by atomic mass is 32.1. The van der Waals surface area contributed by atoms with Crippen molar-refractivity contribution in [1.82, 2.24) is 4.98 Å².